The second-order valence-corrected chi connectivity index (χ2v) is 7.91. The maximum atomic E-state index is 13.8. The first-order valence-corrected chi connectivity index (χ1v) is 9.70. The van der Waals surface area contributed by atoms with Gasteiger partial charge in [0.2, 0.25) is 5.91 Å². The first kappa shape index (κ1) is 17.7. The molecule has 1 amide bonds. The molecular weight excluding hydrogens is 338 g/mol. The Bertz CT molecular complexity index is 676. The predicted octanol–water partition coefficient (Wildman–Crippen LogP) is 3.11. The summed E-state index contributed by atoms with van der Waals surface area (Å²) in [6.07, 6.45) is 5.70. The average molecular weight is 364 g/mol. The molecule has 6 heteroatoms. The van der Waals surface area contributed by atoms with Gasteiger partial charge in [-0.2, -0.15) is 0 Å². The summed E-state index contributed by atoms with van der Waals surface area (Å²) in [4.78, 5) is 15.2. The van der Waals surface area contributed by atoms with Gasteiger partial charge in [0.25, 0.3) is 0 Å². The van der Waals surface area contributed by atoms with E-state index in [0.29, 0.717) is 37.8 Å². The van der Waals surface area contributed by atoms with Crippen molar-refractivity contribution in [1.29, 1.82) is 0 Å². The molecule has 0 unspecified atom stereocenters. The quantitative estimate of drug-likeness (QED) is 0.896. The van der Waals surface area contributed by atoms with Gasteiger partial charge in [-0.05, 0) is 37.4 Å². The number of carbonyl (C=O) groups is 1. The SMILES string of the molecule is O=C(N1CCC(Oc2ccc(F)cc2F)CC1)[C@@]12CCCC[C@H]1CNC2. The Morgan fingerprint density at radius 3 is 2.77 bits per heavy atom. The maximum Gasteiger partial charge on any atom is 0.230 e. The molecule has 0 aromatic heterocycles. The highest BCUT2D eigenvalue weighted by atomic mass is 19.1. The van der Waals surface area contributed by atoms with Crippen molar-refractivity contribution in [2.75, 3.05) is 26.2 Å². The lowest BCUT2D eigenvalue weighted by Crippen LogP contribution is -2.52. The normalized spacial score (nSPS) is 29.5. The summed E-state index contributed by atoms with van der Waals surface area (Å²) in [6.45, 7) is 3.03. The molecule has 2 atom stereocenters. The molecule has 2 heterocycles. The molecule has 1 aromatic rings. The smallest absolute Gasteiger partial charge is 0.230 e. The van der Waals surface area contributed by atoms with E-state index in [1.54, 1.807) is 0 Å². The lowest BCUT2D eigenvalue weighted by molar-refractivity contribution is -0.147. The van der Waals surface area contributed by atoms with E-state index < -0.39 is 11.6 Å². The van der Waals surface area contributed by atoms with Gasteiger partial charge in [-0.15, -0.1) is 0 Å². The molecular formula is C20H26F2N2O2. The van der Waals surface area contributed by atoms with Gasteiger partial charge in [0, 0.05) is 38.5 Å². The Morgan fingerprint density at radius 2 is 2.00 bits per heavy atom. The number of hydrogen-bond acceptors (Lipinski definition) is 3. The van der Waals surface area contributed by atoms with Crippen molar-refractivity contribution in [3.8, 4) is 5.75 Å². The molecule has 2 saturated heterocycles. The fraction of sp³-hybridized carbons (Fsp3) is 0.650. The van der Waals surface area contributed by atoms with Crippen molar-refractivity contribution >= 4 is 5.91 Å². The minimum Gasteiger partial charge on any atom is -0.487 e. The number of halogens is 2. The molecule has 4 rings (SSSR count). The van der Waals surface area contributed by atoms with Crippen molar-refractivity contribution in [3.63, 3.8) is 0 Å². The molecule has 0 radical (unpaired) electrons. The van der Waals surface area contributed by atoms with E-state index in [-0.39, 0.29) is 17.3 Å². The molecule has 0 bridgehead atoms. The third kappa shape index (κ3) is 3.20. The molecule has 142 valence electrons. The van der Waals surface area contributed by atoms with Crippen molar-refractivity contribution in [1.82, 2.24) is 10.2 Å². The summed E-state index contributed by atoms with van der Waals surface area (Å²) < 4.78 is 32.5. The molecule has 1 aromatic carbocycles. The van der Waals surface area contributed by atoms with Crippen molar-refractivity contribution < 1.29 is 18.3 Å². The van der Waals surface area contributed by atoms with Gasteiger partial charge in [0.15, 0.2) is 11.6 Å². The lowest BCUT2D eigenvalue weighted by Gasteiger charge is -2.42. The minimum absolute atomic E-state index is 0.0853. The highest BCUT2D eigenvalue weighted by molar-refractivity contribution is 5.84. The Labute approximate surface area is 152 Å². The Balaban J connectivity index is 1.36. The summed E-state index contributed by atoms with van der Waals surface area (Å²) in [5.41, 5.74) is -0.213. The Kier molecular flexibility index (Phi) is 4.86. The Morgan fingerprint density at radius 1 is 1.19 bits per heavy atom. The number of piperidine rings is 1. The third-order valence-corrected chi connectivity index (χ3v) is 6.38. The van der Waals surface area contributed by atoms with Crippen LogP contribution in [0.3, 0.4) is 0 Å². The number of benzene rings is 1. The zero-order chi connectivity index (χ0) is 18.1. The van der Waals surface area contributed by atoms with E-state index in [9.17, 15) is 13.6 Å². The van der Waals surface area contributed by atoms with Crippen LogP contribution in [0.25, 0.3) is 0 Å². The third-order valence-electron chi connectivity index (χ3n) is 6.38. The number of rotatable bonds is 3. The van der Waals surface area contributed by atoms with Gasteiger partial charge in [-0.1, -0.05) is 12.8 Å². The van der Waals surface area contributed by atoms with Crippen LogP contribution in [0.1, 0.15) is 38.5 Å². The molecule has 1 aliphatic carbocycles. The van der Waals surface area contributed by atoms with Crippen LogP contribution < -0.4 is 10.1 Å². The van der Waals surface area contributed by atoms with Crippen molar-refractivity contribution in [3.05, 3.63) is 29.8 Å². The predicted molar refractivity (Wildman–Crippen MR) is 93.8 cm³/mol. The number of ether oxygens (including phenoxy) is 1. The van der Waals surface area contributed by atoms with E-state index >= 15 is 0 Å². The van der Waals surface area contributed by atoms with Crippen LogP contribution in [0.2, 0.25) is 0 Å². The number of fused-ring (bicyclic) bond motifs is 1. The number of nitrogens with one attached hydrogen (secondary N) is 1. The zero-order valence-corrected chi connectivity index (χ0v) is 15.0. The fourth-order valence-corrected chi connectivity index (χ4v) is 4.91. The molecule has 26 heavy (non-hydrogen) atoms. The number of amides is 1. The van der Waals surface area contributed by atoms with Gasteiger partial charge in [-0.3, -0.25) is 4.79 Å². The largest absolute Gasteiger partial charge is 0.487 e. The molecule has 4 nitrogen and oxygen atoms in total. The topological polar surface area (TPSA) is 41.6 Å². The van der Waals surface area contributed by atoms with Crippen molar-refractivity contribution in [2.45, 2.75) is 44.6 Å². The summed E-state index contributed by atoms with van der Waals surface area (Å²) in [6, 6.07) is 3.37. The van der Waals surface area contributed by atoms with Gasteiger partial charge in [0.05, 0.1) is 5.41 Å². The standard InChI is InChI=1S/C20H26F2N2O2/c21-15-4-5-18(17(22)11-15)26-16-6-9-24(10-7-16)19(25)20-8-2-1-3-14(20)12-23-13-20/h4-5,11,14,16,23H,1-3,6-10,12-13H2/t14-,20+/m0/s1. The lowest BCUT2D eigenvalue weighted by atomic mass is 9.67. The van der Waals surface area contributed by atoms with E-state index in [2.05, 4.69) is 5.32 Å². The van der Waals surface area contributed by atoms with Gasteiger partial charge in [0.1, 0.15) is 11.9 Å². The van der Waals surface area contributed by atoms with Crippen LogP contribution in [-0.2, 0) is 4.79 Å². The summed E-state index contributed by atoms with van der Waals surface area (Å²) >= 11 is 0. The van der Waals surface area contributed by atoms with Crippen LogP contribution in [0.4, 0.5) is 8.78 Å². The number of hydrogen-bond donors (Lipinski definition) is 1. The minimum atomic E-state index is -0.676. The monoisotopic (exact) mass is 364 g/mol. The second kappa shape index (κ2) is 7.14. The molecule has 3 aliphatic rings. The summed E-state index contributed by atoms with van der Waals surface area (Å²) in [5, 5.41) is 3.43. The van der Waals surface area contributed by atoms with Crippen LogP contribution in [0.5, 0.6) is 5.75 Å². The van der Waals surface area contributed by atoms with Gasteiger partial charge in [-0.25, -0.2) is 8.78 Å². The number of nitrogens with zero attached hydrogens (tertiary/aromatic N) is 1. The molecule has 0 spiro atoms. The zero-order valence-electron chi connectivity index (χ0n) is 15.0. The van der Waals surface area contributed by atoms with Crippen LogP contribution in [0, 0.1) is 23.0 Å². The maximum absolute atomic E-state index is 13.8. The van der Waals surface area contributed by atoms with Gasteiger partial charge < -0.3 is 15.0 Å². The highest BCUT2D eigenvalue weighted by Gasteiger charge is 2.51. The van der Waals surface area contributed by atoms with Crippen molar-refractivity contribution in [2.24, 2.45) is 11.3 Å². The fourth-order valence-electron chi connectivity index (χ4n) is 4.91. The first-order valence-electron chi connectivity index (χ1n) is 9.70. The van der Waals surface area contributed by atoms with E-state index in [1.165, 1.54) is 18.6 Å². The molecule has 2 aliphatic heterocycles. The van der Waals surface area contributed by atoms with Crippen LogP contribution in [0.15, 0.2) is 18.2 Å². The van der Waals surface area contributed by atoms with E-state index in [0.717, 1.165) is 38.4 Å². The van der Waals surface area contributed by atoms with E-state index in [4.69, 9.17) is 4.74 Å². The number of likely N-dealkylation sites (tertiary alicyclic amines) is 1. The highest BCUT2D eigenvalue weighted by Crippen LogP contribution is 2.45. The average Bonchev–Trinajstić information content (AvgIpc) is 3.09. The second-order valence-electron chi connectivity index (χ2n) is 7.91. The summed E-state index contributed by atoms with van der Waals surface area (Å²) in [5.74, 6) is -0.446. The summed E-state index contributed by atoms with van der Waals surface area (Å²) in [7, 11) is 0. The van der Waals surface area contributed by atoms with Crippen LogP contribution in [-0.4, -0.2) is 43.1 Å². The first-order chi connectivity index (χ1) is 12.6. The number of carbonyl (C=O) groups excluding carboxylic acids is 1. The van der Waals surface area contributed by atoms with Gasteiger partial charge >= 0.3 is 0 Å². The van der Waals surface area contributed by atoms with E-state index in [1.807, 2.05) is 4.90 Å². The molecule has 1 N–H and O–H groups in total. The van der Waals surface area contributed by atoms with Crippen LogP contribution >= 0.6 is 0 Å². The molecule has 1 saturated carbocycles. The Hall–Kier alpha value is -1.69. The molecule has 3 fully saturated rings.